The van der Waals surface area contributed by atoms with Crippen LogP contribution in [-0.4, -0.2) is 20.1 Å². The van der Waals surface area contributed by atoms with E-state index in [1.54, 1.807) is 14.2 Å². The number of nitrogens with one attached hydrogen (secondary N) is 1. The molecule has 0 unspecified atom stereocenters. The quantitative estimate of drug-likeness (QED) is 0.919. The molecule has 4 heteroatoms. The second-order valence-electron chi connectivity index (χ2n) is 5.17. The molecule has 0 saturated carbocycles. The molecule has 0 spiro atoms. The van der Waals surface area contributed by atoms with Gasteiger partial charge >= 0.3 is 0 Å². The Hall–Kier alpha value is -2.49. The van der Waals surface area contributed by atoms with Gasteiger partial charge in [0.15, 0.2) is 0 Å². The molecule has 22 heavy (non-hydrogen) atoms. The van der Waals surface area contributed by atoms with Crippen LogP contribution in [0, 0.1) is 6.92 Å². The lowest BCUT2D eigenvalue weighted by molar-refractivity contribution is 0.0939. The molecular weight excluding hydrogens is 278 g/mol. The van der Waals surface area contributed by atoms with Crippen molar-refractivity contribution >= 4 is 5.91 Å². The lowest BCUT2D eigenvalue weighted by Gasteiger charge is -2.18. The Balaban J connectivity index is 2.19. The maximum absolute atomic E-state index is 12.3. The second-order valence-corrected chi connectivity index (χ2v) is 5.17. The standard InChI is InChI=1S/C18H21NO3/c1-12-5-7-14(8-6-12)18(20)19-13(2)16-11-15(21-3)9-10-17(16)22-4/h5-11,13H,1-4H3,(H,19,20)/t13-/m0/s1. The normalized spacial score (nSPS) is 11.6. The molecule has 1 atom stereocenters. The molecule has 2 aromatic rings. The number of aryl methyl sites for hydroxylation is 1. The number of methoxy groups -OCH3 is 2. The predicted molar refractivity (Wildman–Crippen MR) is 86.6 cm³/mol. The summed E-state index contributed by atoms with van der Waals surface area (Å²) >= 11 is 0. The van der Waals surface area contributed by atoms with Gasteiger partial charge in [-0.25, -0.2) is 0 Å². The molecule has 0 saturated heterocycles. The topological polar surface area (TPSA) is 47.6 Å². The summed E-state index contributed by atoms with van der Waals surface area (Å²) in [4.78, 5) is 12.3. The van der Waals surface area contributed by atoms with Crippen LogP contribution in [0.15, 0.2) is 42.5 Å². The number of hydrogen-bond acceptors (Lipinski definition) is 3. The van der Waals surface area contributed by atoms with E-state index < -0.39 is 0 Å². The summed E-state index contributed by atoms with van der Waals surface area (Å²) in [6.45, 7) is 3.91. The van der Waals surface area contributed by atoms with Crippen molar-refractivity contribution in [1.29, 1.82) is 0 Å². The highest BCUT2D eigenvalue weighted by atomic mass is 16.5. The minimum atomic E-state index is -0.196. The zero-order valence-corrected chi connectivity index (χ0v) is 13.3. The molecule has 0 aromatic heterocycles. The number of hydrogen-bond donors (Lipinski definition) is 1. The smallest absolute Gasteiger partial charge is 0.251 e. The lowest BCUT2D eigenvalue weighted by atomic mass is 10.1. The summed E-state index contributed by atoms with van der Waals surface area (Å²) in [7, 11) is 3.22. The predicted octanol–water partition coefficient (Wildman–Crippen LogP) is 3.50. The van der Waals surface area contributed by atoms with Crippen molar-refractivity contribution in [3.8, 4) is 11.5 Å². The van der Waals surface area contributed by atoms with Crippen LogP contribution in [0.25, 0.3) is 0 Å². The first-order chi connectivity index (χ1) is 10.5. The Labute approximate surface area is 131 Å². The molecule has 0 aliphatic heterocycles. The Bertz CT molecular complexity index is 650. The first-order valence-corrected chi connectivity index (χ1v) is 7.14. The van der Waals surface area contributed by atoms with Crippen LogP contribution in [0.3, 0.4) is 0 Å². The monoisotopic (exact) mass is 299 g/mol. The van der Waals surface area contributed by atoms with Gasteiger partial charge in [-0.05, 0) is 44.2 Å². The molecule has 1 N–H and O–H groups in total. The summed E-state index contributed by atoms with van der Waals surface area (Å²) in [5.74, 6) is 1.34. The van der Waals surface area contributed by atoms with E-state index in [0.29, 0.717) is 5.56 Å². The molecule has 0 aliphatic rings. The van der Waals surface area contributed by atoms with Crippen molar-refractivity contribution in [3.63, 3.8) is 0 Å². The summed E-state index contributed by atoms with van der Waals surface area (Å²) in [5, 5.41) is 2.98. The third-order valence-electron chi connectivity index (χ3n) is 3.56. The van der Waals surface area contributed by atoms with Gasteiger partial charge in [0.2, 0.25) is 0 Å². The van der Waals surface area contributed by atoms with Crippen LogP contribution in [0.1, 0.15) is 34.5 Å². The second kappa shape index (κ2) is 6.98. The molecule has 2 aromatic carbocycles. The van der Waals surface area contributed by atoms with Gasteiger partial charge in [0.05, 0.1) is 20.3 Å². The third kappa shape index (κ3) is 3.58. The molecular formula is C18H21NO3. The van der Waals surface area contributed by atoms with Gasteiger partial charge in [-0.3, -0.25) is 4.79 Å². The highest BCUT2D eigenvalue weighted by Gasteiger charge is 2.16. The van der Waals surface area contributed by atoms with Gasteiger partial charge in [-0.1, -0.05) is 17.7 Å². The summed E-state index contributed by atoms with van der Waals surface area (Å²) in [6.07, 6.45) is 0. The van der Waals surface area contributed by atoms with Crippen LogP contribution in [0.2, 0.25) is 0 Å². The van der Waals surface area contributed by atoms with E-state index in [1.165, 1.54) is 0 Å². The Morgan fingerprint density at radius 2 is 1.73 bits per heavy atom. The molecule has 0 fully saturated rings. The number of carbonyl (C=O) groups excluding carboxylic acids is 1. The van der Waals surface area contributed by atoms with Gasteiger partial charge in [-0.2, -0.15) is 0 Å². The third-order valence-corrected chi connectivity index (χ3v) is 3.56. The van der Waals surface area contributed by atoms with Crippen LogP contribution in [0.5, 0.6) is 11.5 Å². The van der Waals surface area contributed by atoms with Gasteiger partial charge in [0.25, 0.3) is 5.91 Å². The Kier molecular flexibility index (Phi) is 5.04. The fourth-order valence-corrected chi connectivity index (χ4v) is 2.24. The number of amides is 1. The molecule has 1 amide bonds. The molecule has 0 aliphatic carbocycles. The maximum atomic E-state index is 12.3. The van der Waals surface area contributed by atoms with Crippen molar-refractivity contribution in [3.05, 3.63) is 59.2 Å². The fourth-order valence-electron chi connectivity index (χ4n) is 2.24. The highest BCUT2D eigenvalue weighted by Crippen LogP contribution is 2.29. The molecule has 0 bridgehead atoms. The van der Waals surface area contributed by atoms with Crippen LogP contribution in [0.4, 0.5) is 0 Å². The first-order valence-electron chi connectivity index (χ1n) is 7.14. The van der Waals surface area contributed by atoms with Gasteiger partial charge in [-0.15, -0.1) is 0 Å². The SMILES string of the molecule is COc1ccc(OC)c([C@H](C)NC(=O)c2ccc(C)cc2)c1. The van der Waals surface area contributed by atoms with Crippen molar-refractivity contribution < 1.29 is 14.3 Å². The summed E-state index contributed by atoms with van der Waals surface area (Å²) in [6, 6.07) is 12.8. The van der Waals surface area contributed by atoms with Gasteiger partial charge in [0.1, 0.15) is 11.5 Å². The van der Waals surface area contributed by atoms with Crippen molar-refractivity contribution in [2.45, 2.75) is 19.9 Å². The van der Waals surface area contributed by atoms with Gasteiger partial charge < -0.3 is 14.8 Å². The summed E-state index contributed by atoms with van der Waals surface area (Å²) in [5.41, 5.74) is 2.64. The van der Waals surface area contributed by atoms with E-state index in [9.17, 15) is 4.79 Å². The van der Waals surface area contributed by atoms with E-state index in [2.05, 4.69) is 5.32 Å². The van der Waals surface area contributed by atoms with Crippen LogP contribution < -0.4 is 14.8 Å². The van der Waals surface area contributed by atoms with Crippen LogP contribution in [-0.2, 0) is 0 Å². The molecule has 4 nitrogen and oxygen atoms in total. The number of benzene rings is 2. The first kappa shape index (κ1) is 15.9. The number of carbonyl (C=O) groups is 1. The van der Waals surface area contributed by atoms with Gasteiger partial charge in [0, 0.05) is 11.1 Å². The fraction of sp³-hybridized carbons (Fsp3) is 0.278. The zero-order valence-electron chi connectivity index (χ0n) is 13.3. The molecule has 116 valence electrons. The molecule has 0 radical (unpaired) electrons. The molecule has 0 heterocycles. The lowest BCUT2D eigenvalue weighted by Crippen LogP contribution is -2.26. The zero-order chi connectivity index (χ0) is 16.1. The Morgan fingerprint density at radius 1 is 1.05 bits per heavy atom. The van der Waals surface area contributed by atoms with E-state index in [0.717, 1.165) is 22.6 Å². The van der Waals surface area contributed by atoms with Crippen molar-refractivity contribution in [2.24, 2.45) is 0 Å². The van der Waals surface area contributed by atoms with E-state index in [4.69, 9.17) is 9.47 Å². The summed E-state index contributed by atoms with van der Waals surface area (Å²) < 4.78 is 10.6. The molecule has 2 rings (SSSR count). The number of ether oxygens (including phenoxy) is 2. The Morgan fingerprint density at radius 3 is 2.32 bits per heavy atom. The number of rotatable bonds is 5. The minimum Gasteiger partial charge on any atom is -0.497 e. The average Bonchev–Trinajstić information content (AvgIpc) is 2.54. The van der Waals surface area contributed by atoms with E-state index >= 15 is 0 Å². The average molecular weight is 299 g/mol. The largest absolute Gasteiger partial charge is 0.497 e. The van der Waals surface area contributed by atoms with E-state index in [1.807, 2.05) is 56.3 Å². The van der Waals surface area contributed by atoms with Crippen molar-refractivity contribution in [1.82, 2.24) is 5.32 Å². The van der Waals surface area contributed by atoms with E-state index in [-0.39, 0.29) is 11.9 Å². The van der Waals surface area contributed by atoms with Crippen LogP contribution >= 0.6 is 0 Å². The minimum absolute atomic E-state index is 0.114. The maximum Gasteiger partial charge on any atom is 0.251 e. The highest BCUT2D eigenvalue weighted by molar-refractivity contribution is 5.94. The van der Waals surface area contributed by atoms with Crippen molar-refractivity contribution in [2.75, 3.05) is 14.2 Å².